The van der Waals surface area contributed by atoms with Crippen LogP contribution >= 0.6 is 8.07 Å². The predicted octanol–water partition coefficient (Wildman–Crippen LogP) is 4.29. The summed E-state index contributed by atoms with van der Waals surface area (Å²) in [6.07, 6.45) is 0. The average molecular weight is 303 g/mol. The van der Waals surface area contributed by atoms with Crippen LogP contribution in [-0.4, -0.2) is 0 Å². The monoisotopic (exact) mass is 303 g/mol. The molecule has 0 saturated heterocycles. The molecular weight excluding hydrogens is 285 g/mol. The summed E-state index contributed by atoms with van der Waals surface area (Å²) in [4.78, 5) is 0. The lowest BCUT2D eigenvalue weighted by atomic mass is 10.2. The molecule has 0 aliphatic heterocycles. The van der Waals surface area contributed by atoms with Crippen molar-refractivity contribution in [3.8, 4) is 0 Å². The first-order valence-electron chi connectivity index (χ1n) is 7.26. The molecule has 0 aliphatic carbocycles. The second-order valence-corrected chi connectivity index (χ2v) is 6.89. The van der Waals surface area contributed by atoms with Crippen LogP contribution in [0.5, 0.6) is 0 Å². The molecule has 0 heterocycles. The molecule has 1 nitrogen and oxygen atoms in total. The summed E-state index contributed by atoms with van der Waals surface area (Å²) < 4.78 is 0. The summed E-state index contributed by atoms with van der Waals surface area (Å²) >= 11 is 0. The number of nitrogens with one attached hydrogen (secondary N) is 1. The number of benzene rings is 3. The molecule has 108 valence electrons. The van der Waals surface area contributed by atoms with E-state index in [1.807, 2.05) is 30.3 Å². The summed E-state index contributed by atoms with van der Waals surface area (Å²) in [6.45, 7) is 4.22. The van der Waals surface area contributed by atoms with E-state index in [1.165, 1.54) is 10.6 Å². The van der Waals surface area contributed by atoms with Gasteiger partial charge in [-0.25, -0.2) is 0 Å². The zero-order valence-corrected chi connectivity index (χ0v) is 13.2. The number of hydrogen-bond donors (Lipinski definition) is 1. The third-order valence-electron chi connectivity index (χ3n) is 3.40. The minimum absolute atomic E-state index is 0.663. The van der Waals surface area contributed by atoms with Crippen LogP contribution in [-0.2, 0) is 0 Å². The van der Waals surface area contributed by atoms with E-state index >= 15 is 0 Å². The van der Waals surface area contributed by atoms with Crippen molar-refractivity contribution in [2.45, 2.75) is 0 Å². The van der Waals surface area contributed by atoms with E-state index in [2.05, 4.69) is 72.3 Å². The van der Waals surface area contributed by atoms with Crippen LogP contribution in [0.4, 0.5) is 0 Å². The molecule has 3 aromatic carbocycles. The van der Waals surface area contributed by atoms with Gasteiger partial charge in [-0.1, -0.05) is 97.6 Å². The maximum absolute atomic E-state index is 4.22. The van der Waals surface area contributed by atoms with Gasteiger partial charge in [-0.05, 0) is 5.56 Å². The topological polar surface area (TPSA) is 12.0 Å². The minimum atomic E-state index is -0.663. The van der Waals surface area contributed by atoms with Crippen LogP contribution in [0.1, 0.15) is 5.56 Å². The van der Waals surface area contributed by atoms with E-state index in [0.29, 0.717) is 0 Å². The molecule has 2 heteroatoms. The van der Waals surface area contributed by atoms with E-state index in [4.69, 9.17) is 0 Å². The zero-order valence-electron chi connectivity index (χ0n) is 12.3. The van der Waals surface area contributed by atoms with Gasteiger partial charge in [-0.15, -0.1) is 0 Å². The van der Waals surface area contributed by atoms with Gasteiger partial charge in [0.05, 0.1) is 8.07 Å². The second-order valence-electron chi connectivity index (χ2n) is 4.96. The van der Waals surface area contributed by atoms with Gasteiger partial charge in [0.1, 0.15) is 0 Å². The van der Waals surface area contributed by atoms with Crippen molar-refractivity contribution < 1.29 is 0 Å². The van der Waals surface area contributed by atoms with Gasteiger partial charge in [0.25, 0.3) is 0 Å². The zero-order chi connectivity index (χ0) is 15.2. The van der Waals surface area contributed by atoms with Gasteiger partial charge >= 0.3 is 0 Å². The highest BCUT2D eigenvalue weighted by Gasteiger charge is 2.14. The maximum atomic E-state index is 4.22. The van der Waals surface area contributed by atoms with Gasteiger partial charge in [-0.3, -0.25) is 0 Å². The number of rotatable bonds is 5. The summed E-state index contributed by atoms with van der Waals surface area (Å²) in [7, 11) is -0.663. The van der Waals surface area contributed by atoms with Crippen LogP contribution in [0.2, 0.25) is 0 Å². The Bertz CT molecular complexity index is 684. The van der Waals surface area contributed by atoms with Crippen molar-refractivity contribution in [1.82, 2.24) is 5.09 Å². The van der Waals surface area contributed by atoms with Crippen LogP contribution in [0.3, 0.4) is 0 Å². The van der Waals surface area contributed by atoms with Crippen molar-refractivity contribution in [2.75, 3.05) is 0 Å². The molecule has 3 rings (SSSR count). The average Bonchev–Trinajstić information content (AvgIpc) is 2.62. The highest BCUT2D eigenvalue weighted by molar-refractivity contribution is 7.71. The van der Waals surface area contributed by atoms with E-state index in [1.54, 1.807) is 0 Å². The fraction of sp³-hybridized carbons (Fsp3) is 0. The Labute approximate surface area is 133 Å². The smallest absolute Gasteiger partial charge is 0.0522 e. The first-order chi connectivity index (χ1) is 10.8. The summed E-state index contributed by atoms with van der Waals surface area (Å²) in [5.41, 5.74) is 2.08. The van der Waals surface area contributed by atoms with Crippen LogP contribution < -0.4 is 15.7 Å². The highest BCUT2D eigenvalue weighted by atomic mass is 31.1. The second kappa shape index (κ2) is 7.06. The highest BCUT2D eigenvalue weighted by Crippen LogP contribution is 2.31. The molecule has 0 aromatic heterocycles. The Hall–Kier alpha value is -2.37. The lowest BCUT2D eigenvalue weighted by Gasteiger charge is -2.22. The lowest BCUT2D eigenvalue weighted by Crippen LogP contribution is -2.22. The summed E-state index contributed by atoms with van der Waals surface area (Å²) in [5, 5.41) is 6.22. The molecule has 0 saturated carbocycles. The fourth-order valence-electron chi connectivity index (χ4n) is 2.27. The van der Waals surface area contributed by atoms with E-state index in [0.717, 1.165) is 11.3 Å². The third-order valence-corrected chi connectivity index (χ3v) is 5.52. The van der Waals surface area contributed by atoms with Crippen molar-refractivity contribution in [3.63, 3.8) is 0 Å². The molecule has 0 atom stereocenters. The molecule has 0 amide bonds. The van der Waals surface area contributed by atoms with Gasteiger partial charge in [0, 0.05) is 16.3 Å². The fourth-order valence-corrected chi connectivity index (χ4v) is 4.17. The molecule has 0 spiro atoms. The molecule has 22 heavy (non-hydrogen) atoms. The Kier molecular flexibility index (Phi) is 4.68. The molecule has 0 unspecified atom stereocenters. The van der Waals surface area contributed by atoms with Gasteiger partial charge < -0.3 is 5.09 Å². The molecule has 3 aromatic rings. The lowest BCUT2D eigenvalue weighted by molar-refractivity contribution is 1.40. The molecule has 1 N–H and O–H groups in total. The van der Waals surface area contributed by atoms with Crippen LogP contribution in [0, 0.1) is 0 Å². The molecule has 0 bridgehead atoms. The van der Waals surface area contributed by atoms with Crippen molar-refractivity contribution in [2.24, 2.45) is 0 Å². The van der Waals surface area contributed by atoms with Crippen LogP contribution in [0.25, 0.3) is 5.70 Å². The normalized spacial score (nSPS) is 10.4. The van der Waals surface area contributed by atoms with Crippen molar-refractivity contribution in [3.05, 3.63) is 103 Å². The van der Waals surface area contributed by atoms with Gasteiger partial charge in [0.15, 0.2) is 0 Å². The third kappa shape index (κ3) is 3.44. The Morgan fingerprint density at radius 1 is 0.636 bits per heavy atom. The van der Waals surface area contributed by atoms with Gasteiger partial charge in [-0.2, -0.15) is 0 Å². The number of hydrogen-bond acceptors (Lipinski definition) is 1. The molecular formula is C20H18NP. The summed E-state index contributed by atoms with van der Waals surface area (Å²) in [5.74, 6) is 0. The maximum Gasteiger partial charge on any atom is 0.0522 e. The largest absolute Gasteiger partial charge is 0.357 e. The molecule has 0 aliphatic rings. The van der Waals surface area contributed by atoms with E-state index in [9.17, 15) is 0 Å². The van der Waals surface area contributed by atoms with E-state index < -0.39 is 8.07 Å². The van der Waals surface area contributed by atoms with Crippen molar-refractivity contribution in [1.29, 1.82) is 0 Å². The SMILES string of the molecule is C=C(NP(c1ccccc1)c1ccccc1)c1ccccc1. The quantitative estimate of drug-likeness (QED) is 0.693. The predicted molar refractivity (Wildman–Crippen MR) is 97.7 cm³/mol. The standard InChI is InChI=1S/C20H18NP/c1-17(18-11-5-2-6-12-18)21-22(19-13-7-3-8-14-19)20-15-9-4-10-16-20/h2-16,21H,1H2. The first kappa shape index (κ1) is 14.6. The van der Waals surface area contributed by atoms with Crippen molar-refractivity contribution >= 4 is 24.4 Å². The molecule has 0 fully saturated rings. The Morgan fingerprint density at radius 2 is 1.05 bits per heavy atom. The first-order valence-corrected chi connectivity index (χ1v) is 8.60. The molecule has 0 radical (unpaired) electrons. The summed E-state index contributed by atoms with van der Waals surface area (Å²) in [6, 6.07) is 31.4. The minimum Gasteiger partial charge on any atom is -0.357 e. The van der Waals surface area contributed by atoms with Crippen LogP contribution in [0.15, 0.2) is 97.6 Å². The van der Waals surface area contributed by atoms with E-state index in [-0.39, 0.29) is 0 Å². The Balaban J connectivity index is 1.91. The Morgan fingerprint density at radius 3 is 1.50 bits per heavy atom. The van der Waals surface area contributed by atoms with Gasteiger partial charge in [0.2, 0.25) is 0 Å².